The minimum atomic E-state index is -0.219. The zero-order valence-electron chi connectivity index (χ0n) is 20.6. The van der Waals surface area contributed by atoms with Crippen LogP contribution in [0.5, 0.6) is 23.0 Å². The van der Waals surface area contributed by atoms with Crippen molar-refractivity contribution in [2.75, 3.05) is 33.8 Å². The Morgan fingerprint density at radius 2 is 1.53 bits per heavy atom. The Bertz CT molecular complexity index is 1440. The number of benzene rings is 3. The van der Waals surface area contributed by atoms with E-state index in [1.54, 1.807) is 52.7 Å². The fraction of sp³-hybridized carbons (Fsp3) is 0.214. The van der Waals surface area contributed by atoms with Gasteiger partial charge in [-0.1, -0.05) is 6.07 Å². The van der Waals surface area contributed by atoms with Gasteiger partial charge >= 0.3 is 0 Å². The molecule has 0 aliphatic carbocycles. The second-order valence-electron chi connectivity index (χ2n) is 8.29. The van der Waals surface area contributed by atoms with Crippen molar-refractivity contribution in [1.82, 2.24) is 0 Å². The quantitative estimate of drug-likeness (QED) is 0.403. The van der Waals surface area contributed by atoms with E-state index in [9.17, 15) is 4.79 Å². The Labute approximate surface area is 216 Å². The number of ether oxygens (including phenoxy) is 4. The summed E-state index contributed by atoms with van der Waals surface area (Å²) in [6, 6.07) is 17.1. The van der Waals surface area contributed by atoms with E-state index in [1.165, 1.54) is 5.56 Å². The van der Waals surface area contributed by atoms with Crippen LogP contribution in [0.1, 0.15) is 15.9 Å². The van der Waals surface area contributed by atoms with Gasteiger partial charge in [0, 0.05) is 18.1 Å². The van der Waals surface area contributed by atoms with E-state index in [1.807, 2.05) is 18.2 Å². The van der Waals surface area contributed by atoms with Gasteiger partial charge in [-0.05, 0) is 53.4 Å². The summed E-state index contributed by atoms with van der Waals surface area (Å²) in [7, 11) is 6.50. The predicted octanol–water partition coefficient (Wildman–Crippen LogP) is 1.64. The summed E-state index contributed by atoms with van der Waals surface area (Å²) in [5.74, 6) is 2.50. The summed E-state index contributed by atoms with van der Waals surface area (Å²) in [6.07, 6.45) is 2.94. The molecule has 0 spiro atoms. The smallest absolute Gasteiger partial charge is 0.255 e. The van der Waals surface area contributed by atoms with Crippen molar-refractivity contribution in [1.29, 1.82) is 0 Å². The van der Waals surface area contributed by atoms with Gasteiger partial charge in [0.2, 0.25) is 5.69 Å². The zero-order chi connectivity index (χ0) is 24.5. The molecule has 1 N–H and O–H groups in total. The third-order valence-corrected chi connectivity index (χ3v) is 6.45. The number of carbonyl (C=O) groups is 1. The zero-order valence-corrected chi connectivity index (χ0v) is 21.3. The van der Waals surface area contributed by atoms with Crippen molar-refractivity contribution in [2.45, 2.75) is 13.0 Å². The molecule has 1 amide bonds. The van der Waals surface area contributed by atoms with Gasteiger partial charge in [0.15, 0.2) is 24.2 Å². The number of aromatic nitrogens is 1. The number of carbonyl (C=O) groups excluding carboxylic acids is 1. The lowest BCUT2D eigenvalue weighted by molar-refractivity contribution is -0.686. The normalized spacial score (nSPS) is 11.6. The number of pyridine rings is 1. The molecule has 0 unspecified atom stereocenters. The molecule has 1 aliphatic rings. The highest BCUT2D eigenvalue weighted by Gasteiger charge is 2.27. The molecule has 0 bridgehead atoms. The molecule has 4 aromatic rings. The van der Waals surface area contributed by atoms with E-state index >= 15 is 0 Å². The van der Waals surface area contributed by atoms with Gasteiger partial charge in [-0.25, -0.2) is 0 Å². The molecule has 36 heavy (non-hydrogen) atoms. The molecule has 2 heterocycles. The number of hydrogen-bond donors (Lipinski definition) is 1. The molecule has 0 saturated heterocycles. The number of fused-ring (bicyclic) bond motifs is 4. The first-order chi connectivity index (χ1) is 17.1. The molecular weight excluding hydrogens is 480 g/mol. The number of amides is 1. The largest absolute Gasteiger partial charge is 1.00 e. The maximum atomic E-state index is 13.1. The maximum Gasteiger partial charge on any atom is 0.255 e. The lowest BCUT2D eigenvalue weighted by atomic mass is 9.95. The van der Waals surface area contributed by atoms with Crippen molar-refractivity contribution >= 4 is 22.4 Å². The first kappa shape index (κ1) is 25.1. The SMILES string of the molecule is COc1ccc(C(=O)Nc2c(OC)ccc3cc4[n+](cc23)CCc2cc(OC)c(OC)cc2-4)cc1.[Cl-]. The molecule has 3 aromatic carbocycles. The molecule has 0 fully saturated rings. The third-order valence-electron chi connectivity index (χ3n) is 6.45. The lowest BCUT2D eigenvalue weighted by Crippen LogP contribution is -3.00. The average molecular weight is 507 g/mol. The Hall–Kier alpha value is -3.97. The van der Waals surface area contributed by atoms with Crippen molar-refractivity contribution in [3.8, 4) is 34.3 Å². The van der Waals surface area contributed by atoms with Crippen LogP contribution in [0.15, 0.2) is 60.8 Å². The number of rotatable bonds is 6. The van der Waals surface area contributed by atoms with Crippen LogP contribution < -0.4 is 41.2 Å². The molecule has 0 atom stereocenters. The average Bonchev–Trinajstić information content (AvgIpc) is 2.91. The standard InChI is InChI=1S/C28H26N2O5.ClH/c1-32-20-8-5-17(6-9-20)28(31)29-27-22-16-30-12-11-19-14-25(34-3)26(35-4)15-21(19)23(30)13-18(22)7-10-24(27)33-2;/h5-10,13-16H,11-12H2,1-4H3;1H. The number of anilines is 1. The van der Waals surface area contributed by atoms with Crippen LogP contribution in [0.4, 0.5) is 5.69 Å². The molecule has 1 aromatic heterocycles. The number of aryl methyl sites for hydroxylation is 2. The van der Waals surface area contributed by atoms with Gasteiger partial charge in [-0.2, -0.15) is 4.57 Å². The van der Waals surface area contributed by atoms with Crippen LogP contribution in [0.25, 0.3) is 22.0 Å². The van der Waals surface area contributed by atoms with E-state index in [4.69, 9.17) is 18.9 Å². The van der Waals surface area contributed by atoms with E-state index < -0.39 is 0 Å². The van der Waals surface area contributed by atoms with Gasteiger partial charge in [-0.15, -0.1) is 0 Å². The molecule has 1 aliphatic heterocycles. The molecule has 7 nitrogen and oxygen atoms in total. The Morgan fingerprint density at radius 1 is 0.833 bits per heavy atom. The van der Waals surface area contributed by atoms with Crippen molar-refractivity contribution in [3.05, 3.63) is 71.9 Å². The fourth-order valence-electron chi connectivity index (χ4n) is 4.59. The first-order valence-electron chi connectivity index (χ1n) is 11.3. The van der Waals surface area contributed by atoms with Crippen molar-refractivity contribution in [2.24, 2.45) is 0 Å². The number of methoxy groups -OCH3 is 4. The second kappa shape index (κ2) is 10.3. The van der Waals surface area contributed by atoms with Crippen molar-refractivity contribution < 1.29 is 40.7 Å². The highest BCUT2D eigenvalue weighted by Crippen LogP contribution is 2.39. The Kier molecular flexibility index (Phi) is 7.22. The molecule has 8 heteroatoms. The van der Waals surface area contributed by atoms with Gasteiger partial charge in [0.05, 0.1) is 45.1 Å². The van der Waals surface area contributed by atoms with E-state index in [2.05, 4.69) is 28.2 Å². The van der Waals surface area contributed by atoms with Gasteiger partial charge in [-0.3, -0.25) is 4.79 Å². The lowest BCUT2D eigenvalue weighted by Gasteiger charge is -2.19. The van der Waals surface area contributed by atoms with Gasteiger partial charge in [0.25, 0.3) is 5.91 Å². The highest BCUT2D eigenvalue weighted by atomic mass is 35.5. The Balaban J connectivity index is 0.00000304. The molecule has 5 rings (SSSR count). The van der Waals surface area contributed by atoms with Crippen LogP contribution >= 0.6 is 0 Å². The predicted molar refractivity (Wildman–Crippen MR) is 134 cm³/mol. The summed E-state index contributed by atoms with van der Waals surface area (Å²) in [6.45, 7) is 0.802. The van der Waals surface area contributed by atoms with Crippen LogP contribution in [0.2, 0.25) is 0 Å². The fourth-order valence-corrected chi connectivity index (χ4v) is 4.59. The summed E-state index contributed by atoms with van der Waals surface area (Å²) in [5, 5.41) is 4.96. The van der Waals surface area contributed by atoms with Crippen LogP contribution in [0.3, 0.4) is 0 Å². The Morgan fingerprint density at radius 3 is 2.19 bits per heavy atom. The first-order valence-corrected chi connectivity index (χ1v) is 11.3. The number of nitrogens with zero attached hydrogens (tertiary/aromatic N) is 1. The summed E-state index contributed by atoms with van der Waals surface area (Å²) >= 11 is 0. The summed E-state index contributed by atoms with van der Waals surface area (Å²) in [5.41, 5.74) is 4.57. The van der Waals surface area contributed by atoms with Crippen LogP contribution in [0, 0.1) is 0 Å². The summed E-state index contributed by atoms with van der Waals surface area (Å²) < 4.78 is 24.1. The number of hydrogen-bond acceptors (Lipinski definition) is 5. The van der Waals surface area contributed by atoms with Gasteiger partial charge < -0.3 is 36.7 Å². The highest BCUT2D eigenvalue weighted by molar-refractivity contribution is 6.10. The molecular formula is C28H27ClN2O5. The molecule has 0 saturated carbocycles. The number of halogens is 1. The van der Waals surface area contributed by atoms with E-state index in [0.29, 0.717) is 28.5 Å². The van der Waals surface area contributed by atoms with Gasteiger partial charge in [0.1, 0.15) is 11.5 Å². The van der Waals surface area contributed by atoms with E-state index in [0.717, 1.165) is 40.7 Å². The molecule has 186 valence electrons. The summed E-state index contributed by atoms with van der Waals surface area (Å²) in [4.78, 5) is 13.1. The maximum absolute atomic E-state index is 13.1. The minimum absolute atomic E-state index is 0. The van der Waals surface area contributed by atoms with E-state index in [-0.39, 0.29) is 18.3 Å². The van der Waals surface area contributed by atoms with Crippen molar-refractivity contribution in [3.63, 3.8) is 0 Å². The van der Waals surface area contributed by atoms with Crippen LogP contribution in [-0.4, -0.2) is 34.3 Å². The minimum Gasteiger partial charge on any atom is -1.00 e. The molecule has 0 radical (unpaired) electrons. The third kappa shape index (κ3) is 4.38. The topological polar surface area (TPSA) is 69.9 Å². The monoisotopic (exact) mass is 506 g/mol. The second-order valence-corrected chi connectivity index (χ2v) is 8.29. The van der Waals surface area contributed by atoms with Crippen LogP contribution in [-0.2, 0) is 13.0 Å². The number of nitrogens with one attached hydrogen (secondary N) is 1.